The molecule has 0 unspecified atom stereocenters. The Bertz CT molecular complexity index is 877. The van der Waals surface area contributed by atoms with Crippen LogP contribution in [0.2, 0.25) is 5.02 Å². The number of aryl methyl sites for hydroxylation is 1. The van der Waals surface area contributed by atoms with E-state index in [9.17, 15) is 26.0 Å². The Labute approximate surface area is 151 Å². The van der Waals surface area contributed by atoms with E-state index in [1.165, 1.54) is 6.07 Å². The molecule has 0 saturated carbocycles. The van der Waals surface area contributed by atoms with Crippen molar-refractivity contribution >= 4 is 21.4 Å². The normalized spacial score (nSPS) is 12.2. The van der Waals surface area contributed by atoms with Crippen molar-refractivity contribution in [3.63, 3.8) is 0 Å². The molecule has 0 aliphatic heterocycles. The van der Waals surface area contributed by atoms with Crippen molar-refractivity contribution in [2.45, 2.75) is 23.2 Å². The smallest absolute Gasteiger partial charge is 0.457 e. The van der Waals surface area contributed by atoms with Gasteiger partial charge in [0.15, 0.2) is 0 Å². The van der Waals surface area contributed by atoms with Crippen molar-refractivity contribution in [3.05, 3.63) is 52.8 Å². The molecular weight excluding hydrogens is 400 g/mol. The van der Waals surface area contributed by atoms with Crippen LogP contribution < -0.4 is 4.74 Å². The number of halogens is 5. The summed E-state index contributed by atoms with van der Waals surface area (Å²) in [5.74, 6) is -0.659. The number of hydrogen-bond donors (Lipinski definition) is 1. The minimum Gasteiger partial charge on any atom is -0.457 e. The van der Waals surface area contributed by atoms with Gasteiger partial charge in [0, 0.05) is 17.7 Å². The van der Waals surface area contributed by atoms with E-state index < -0.39 is 26.1 Å². The van der Waals surface area contributed by atoms with Gasteiger partial charge in [0.1, 0.15) is 17.3 Å². The molecule has 26 heavy (non-hydrogen) atoms. The van der Waals surface area contributed by atoms with Crippen molar-refractivity contribution in [1.29, 1.82) is 0 Å². The van der Waals surface area contributed by atoms with E-state index in [1.807, 2.05) is 0 Å². The Balaban J connectivity index is 2.46. The summed E-state index contributed by atoms with van der Waals surface area (Å²) in [5.41, 5.74) is -5.33. The fraction of sp³-hybridized carbons (Fsp3) is 0.250. The summed E-state index contributed by atoms with van der Waals surface area (Å²) in [5, 5.41) is 8.98. The molecular formula is C16H13ClF4O4S. The van der Waals surface area contributed by atoms with Crippen LogP contribution >= 0.6 is 11.6 Å². The highest BCUT2D eigenvalue weighted by molar-refractivity contribution is 7.92. The highest BCUT2D eigenvalue weighted by Crippen LogP contribution is 2.35. The fourth-order valence-electron chi connectivity index (χ4n) is 2.14. The third-order valence-electron chi connectivity index (χ3n) is 3.32. The van der Waals surface area contributed by atoms with Gasteiger partial charge < -0.3 is 9.84 Å². The van der Waals surface area contributed by atoms with Gasteiger partial charge in [-0.1, -0.05) is 11.6 Å². The van der Waals surface area contributed by atoms with Crippen LogP contribution in [0, 0.1) is 5.82 Å². The number of aliphatic hydroxyl groups is 1. The molecule has 0 bridgehead atoms. The maximum absolute atomic E-state index is 13.4. The van der Waals surface area contributed by atoms with E-state index in [1.54, 1.807) is 0 Å². The first-order valence-corrected chi connectivity index (χ1v) is 9.10. The van der Waals surface area contributed by atoms with Crippen LogP contribution in [0.5, 0.6) is 11.5 Å². The van der Waals surface area contributed by atoms with Crippen LogP contribution in [0.15, 0.2) is 41.3 Å². The van der Waals surface area contributed by atoms with Crippen molar-refractivity contribution in [2.24, 2.45) is 0 Å². The van der Waals surface area contributed by atoms with Gasteiger partial charge >= 0.3 is 5.51 Å². The molecule has 0 spiro atoms. The maximum atomic E-state index is 13.4. The van der Waals surface area contributed by atoms with Crippen LogP contribution in [0.3, 0.4) is 0 Å². The number of ether oxygens (including phenoxy) is 1. The predicted molar refractivity (Wildman–Crippen MR) is 86.6 cm³/mol. The largest absolute Gasteiger partial charge is 0.501 e. The summed E-state index contributed by atoms with van der Waals surface area (Å²) in [7, 11) is -5.53. The topological polar surface area (TPSA) is 63.6 Å². The average Bonchev–Trinajstić information content (AvgIpc) is 2.51. The molecule has 0 fully saturated rings. The lowest BCUT2D eigenvalue weighted by atomic mass is 10.1. The summed E-state index contributed by atoms with van der Waals surface area (Å²) >= 11 is 5.72. The number of alkyl halides is 3. The van der Waals surface area contributed by atoms with E-state index in [4.69, 9.17) is 21.4 Å². The SMILES string of the molecule is O=S(=O)(c1ccc(Oc2cc(F)cc(Cl)c2)c(CCCO)c1)C(F)(F)F. The molecule has 4 nitrogen and oxygen atoms in total. The van der Waals surface area contributed by atoms with Gasteiger partial charge in [-0.05, 0) is 48.7 Å². The van der Waals surface area contributed by atoms with E-state index in [0.717, 1.165) is 30.3 Å². The van der Waals surface area contributed by atoms with Crippen LogP contribution in [0.25, 0.3) is 0 Å². The molecule has 0 aliphatic rings. The molecule has 10 heteroatoms. The van der Waals surface area contributed by atoms with E-state index >= 15 is 0 Å². The molecule has 0 atom stereocenters. The van der Waals surface area contributed by atoms with Crippen molar-refractivity contribution in [3.8, 4) is 11.5 Å². The molecule has 1 N–H and O–H groups in total. The van der Waals surface area contributed by atoms with Crippen LogP contribution in [-0.2, 0) is 16.3 Å². The summed E-state index contributed by atoms with van der Waals surface area (Å²) in [6.45, 7) is -0.262. The monoisotopic (exact) mass is 412 g/mol. The lowest BCUT2D eigenvalue weighted by Gasteiger charge is -2.14. The molecule has 0 aromatic heterocycles. The van der Waals surface area contributed by atoms with Crippen LogP contribution in [0.4, 0.5) is 17.6 Å². The first kappa shape index (κ1) is 20.5. The highest BCUT2D eigenvalue weighted by Gasteiger charge is 2.47. The maximum Gasteiger partial charge on any atom is 0.501 e. The Morgan fingerprint density at radius 3 is 2.38 bits per heavy atom. The molecule has 2 rings (SSSR count). The first-order chi connectivity index (χ1) is 12.0. The van der Waals surface area contributed by atoms with Gasteiger partial charge in [-0.25, -0.2) is 12.8 Å². The Morgan fingerprint density at radius 2 is 1.81 bits per heavy atom. The molecule has 2 aromatic carbocycles. The molecule has 0 saturated heterocycles. The number of hydrogen-bond acceptors (Lipinski definition) is 4. The second kappa shape index (κ2) is 7.81. The molecule has 0 aliphatic carbocycles. The second-order valence-corrected chi connectivity index (χ2v) is 7.63. The van der Waals surface area contributed by atoms with Gasteiger partial charge in [-0.2, -0.15) is 13.2 Å². The van der Waals surface area contributed by atoms with Gasteiger partial charge in [-0.3, -0.25) is 0 Å². The zero-order valence-corrected chi connectivity index (χ0v) is 14.6. The minimum atomic E-state index is -5.53. The second-order valence-electron chi connectivity index (χ2n) is 5.25. The molecule has 0 amide bonds. The van der Waals surface area contributed by atoms with Crippen molar-refractivity contribution in [1.82, 2.24) is 0 Å². The third kappa shape index (κ3) is 4.66. The standard InChI is InChI=1S/C16H13ClF4O4S/c17-11-7-12(18)9-13(8-11)25-15-4-3-14(6-10(15)2-1-5-22)26(23,24)16(19,20)21/h3-4,6-9,22H,1-2,5H2. The highest BCUT2D eigenvalue weighted by atomic mass is 35.5. The summed E-state index contributed by atoms with van der Waals surface area (Å²) in [6.07, 6.45) is 0.214. The van der Waals surface area contributed by atoms with Gasteiger partial charge in [-0.15, -0.1) is 0 Å². The quantitative estimate of drug-likeness (QED) is 0.710. The lowest BCUT2D eigenvalue weighted by molar-refractivity contribution is -0.0436. The zero-order chi connectivity index (χ0) is 19.5. The summed E-state index contributed by atoms with van der Waals surface area (Å²) in [4.78, 5) is -0.942. The van der Waals surface area contributed by atoms with E-state index in [-0.39, 0.29) is 41.5 Å². The molecule has 0 heterocycles. The molecule has 0 radical (unpaired) electrons. The number of aliphatic hydroxyl groups excluding tert-OH is 1. The minimum absolute atomic E-state index is 0.00771. The lowest BCUT2D eigenvalue weighted by Crippen LogP contribution is -2.23. The predicted octanol–water partition coefficient (Wildman–Crippen LogP) is 4.49. The number of sulfone groups is 1. The van der Waals surface area contributed by atoms with E-state index in [0.29, 0.717) is 0 Å². The first-order valence-electron chi connectivity index (χ1n) is 7.23. The molecule has 2 aromatic rings. The average molecular weight is 413 g/mol. The Kier molecular flexibility index (Phi) is 6.15. The summed E-state index contributed by atoms with van der Waals surface area (Å²) < 4.78 is 80.1. The van der Waals surface area contributed by atoms with Crippen molar-refractivity contribution in [2.75, 3.05) is 6.61 Å². The molecule has 142 valence electrons. The van der Waals surface area contributed by atoms with Crippen LogP contribution in [-0.4, -0.2) is 25.6 Å². The summed E-state index contributed by atoms with van der Waals surface area (Å²) in [6, 6.07) is 5.98. The Hall–Kier alpha value is -1.84. The van der Waals surface area contributed by atoms with Gasteiger partial charge in [0.2, 0.25) is 0 Å². The van der Waals surface area contributed by atoms with Crippen molar-refractivity contribution < 1.29 is 35.8 Å². The third-order valence-corrected chi connectivity index (χ3v) is 5.02. The Morgan fingerprint density at radius 1 is 1.12 bits per heavy atom. The number of rotatable bonds is 6. The van der Waals surface area contributed by atoms with Gasteiger partial charge in [0.25, 0.3) is 9.84 Å². The zero-order valence-electron chi connectivity index (χ0n) is 13.1. The number of benzene rings is 2. The van der Waals surface area contributed by atoms with Crippen LogP contribution in [0.1, 0.15) is 12.0 Å². The van der Waals surface area contributed by atoms with Gasteiger partial charge in [0.05, 0.1) is 4.90 Å². The fourth-order valence-corrected chi connectivity index (χ4v) is 3.16. The van der Waals surface area contributed by atoms with E-state index in [2.05, 4.69) is 0 Å².